The number of nitrogens with zero attached hydrogens (tertiary/aromatic N) is 2. The lowest BCUT2D eigenvalue weighted by Gasteiger charge is -2.35. The van der Waals surface area contributed by atoms with Gasteiger partial charge in [-0.1, -0.05) is 6.42 Å². The summed E-state index contributed by atoms with van der Waals surface area (Å²) >= 11 is 0. The number of ether oxygens (including phenoxy) is 1. The SMILES string of the molecule is CCOC(=O)[C@H]1CCCN1[C@H]1CCC[C@@H](C#N)C1. The molecule has 2 aliphatic rings. The molecular formula is C14H22N2O2. The highest BCUT2D eigenvalue weighted by Crippen LogP contribution is 2.32. The summed E-state index contributed by atoms with van der Waals surface area (Å²) in [5, 5.41) is 9.05. The number of hydrogen-bond donors (Lipinski definition) is 0. The molecule has 1 saturated heterocycles. The van der Waals surface area contributed by atoms with Gasteiger partial charge in [-0.15, -0.1) is 0 Å². The molecule has 0 unspecified atom stereocenters. The van der Waals surface area contributed by atoms with Crippen molar-refractivity contribution in [2.75, 3.05) is 13.2 Å². The summed E-state index contributed by atoms with van der Waals surface area (Å²) in [6, 6.07) is 2.72. The number of likely N-dealkylation sites (tertiary alicyclic amines) is 1. The standard InChI is InChI=1S/C14H22N2O2/c1-2-18-14(17)13-7-4-8-16(13)12-6-3-5-11(9-12)10-15/h11-13H,2-9H2,1H3/t11-,12+,13-/m1/s1. The Morgan fingerprint density at radius 1 is 1.39 bits per heavy atom. The third-order valence-electron chi connectivity index (χ3n) is 4.15. The summed E-state index contributed by atoms with van der Waals surface area (Å²) in [7, 11) is 0. The van der Waals surface area contributed by atoms with E-state index in [1.54, 1.807) is 0 Å². The molecule has 0 spiro atoms. The zero-order valence-corrected chi connectivity index (χ0v) is 11.1. The van der Waals surface area contributed by atoms with E-state index in [9.17, 15) is 4.79 Å². The number of nitriles is 1. The van der Waals surface area contributed by atoms with Gasteiger partial charge in [-0.25, -0.2) is 0 Å². The second-order valence-corrected chi connectivity index (χ2v) is 5.29. The van der Waals surface area contributed by atoms with Crippen molar-refractivity contribution >= 4 is 5.97 Å². The Hall–Kier alpha value is -1.08. The van der Waals surface area contributed by atoms with Crippen LogP contribution in [0.2, 0.25) is 0 Å². The van der Waals surface area contributed by atoms with E-state index in [2.05, 4.69) is 11.0 Å². The van der Waals surface area contributed by atoms with Crippen molar-refractivity contribution in [3.8, 4) is 6.07 Å². The summed E-state index contributed by atoms with van der Waals surface area (Å²) in [5.74, 6) is 0.0984. The molecule has 1 saturated carbocycles. The van der Waals surface area contributed by atoms with Crippen LogP contribution in [0, 0.1) is 17.2 Å². The molecule has 0 amide bonds. The first-order chi connectivity index (χ1) is 8.76. The Bertz CT molecular complexity index is 337. The highest BCUT2D eigenvalue weighted by atomic mass is 16.5. The monoisotopic (exact) mass is 250 g/mol. The van der Waals surface area contributed by atoms with Gasteiger partial charge in [-0.05, 0) is 45.6 Å². The summed E-state index contributed by atoms with van der Waals surface area (Å²) in [6.45, 7) is 3.28. The molecule has 0 radical (unpaired) electrons. The van der Waals surface area contributed by atoms with E-state index >= 15 is 0 Å². The Balaban J connectivity index is 1.98. The fraction of sp³-hybridized carbons (Fsp3) is 0.857. The van der Waals surface area contributed by atoms with Crippen LogP contribution in [0.3, 0.4) is 0 Å². The molecule has 1 heterocycles. The van der Waals surface area contributed by atoms with Crippen LogP contribution in [-0.4, -0.2) is 36.1 Å². The van der Waals surface area contributed by atoms with Gasteiger partial charge in [0, 0.05) is 12.0 Å². The van der Waals surface area contributed by atoms with E-state index in [-0.39, 0.29) is 17.9 Å². The zero-order valence-electron chi connectivity index (χ0n) is 11.1. The number of hydrogen-bond acceptors (Lipinski definition) is 4. The highest BCUT2D eigenvalue weighted by molar-refractivity contribution is 5.76. The van der Waals surface area contributed by atoms with Crippen molar-refractivity contribution < 1.29 is 9.53 Å². The predicted molar refractivity (Wildman–Crippen MR) is 67.7 cm³/mol. The van der Waals surface area contributed by atoms with E-state index in [0.717, 1.165) is 45.1 Å². The van der Waals surface area contributed by atoms with E-state index in [4.69, 9.17) is 10.00 Å². The van der Waals surface area contributed by atoms with Gasteiger partial charge in [0.05, 0.1) is 12.7 Å². The second-order valence-electron chi connectivity index (χ2n) is 5.29. The number of carbonyl (C=O) groups is 1. The topological polar surface area (TPSA) is 53.3 Å². The van der Waals surface area contributed by atoms with Gasteiger partial charge in [0.25, 0.3) is 0 Å². The van der Waals surface area contributed by atoms with Crippen LogP contribution in [0.4, 0.5) is 0 Å². The minimum atomic E-state index is -0.0749. The largest absolute Gasteiger partial charge is 0.465 e. The smallest absolute Gasteiger partial charge is 0.323 e. The highest BCUT2D eigenvalue weighted by Gasteiger charge is 2.38. The van der Waals surface area contributed by atoms with Gasteiger partial charge in [0.1, 0.15) is 6.04 Å². The molecular weight excluding hydrogens is 228 g/mol. The maximum absolute atomic E-state index is 11.9. The number of esters is 1. The second kappa shape index (κ2) is 6.19. The van der Waals surface area contributed by atoms with Gasteiger partial charge in [-0.2, -0.15) is 5.26 Å². The maximum Gasteiger partial charge on any atom is 0.323 e. The molecule has 18 heavy (non-hydrogen) atoms. The molecule has 4 heteroatoms. The summed E-state index contributed by atoms with van der Waals surface area (Å²) in [4.78, 5) is 14.2. The van der Waals surface area contributed by atoms with Crippen LogP contribution in [-0.2, 0) is 9.53 Å². The minimum absolute atomic E-state index is 0.0626. The molecule has 0 aromatic rings. The van der Waals surface area contributed by atoms with Crippen molar-refractivity contribution in [1.29, 1.82) is 5.26 Å². The summed E-state index contributed by atoms with van der Waals surface area (Å²) in [6.07, 6.45) is 6.14. The predicted octanol–water partition coefficient (Wildman–Crippen LogP) is 2.10. The third-order valence-corrected chi connectivity index (χ3v) is 4.15. The lowest BCUT2D eigenvalue weighted by Crippen LogP contribution is -2.45. The molecule has 0 aromatic carbocycles. The fourth-order valence-corrected chi connectivity index (χ4v) is 3.30. The molecule has 3 atom stereocenters. The first-order valence-corrected chi connectivity index (χ1v) is 7.08. The van der Waals surface area contributed by atoms with Gasteiger partial charge in [-0.3, -0.25) is 9.69 Å². The van der Waals surface area contributed by atoms with E-state index in [1.807, 2.05) is 6.92 Å². The van der Waals surface area contributed by atoms with Crippen molar-refractivity contribution in [3.63, 3.8) is 0 Å². The van der Waals surface area contributed by atoms with E-state index in [0.29, 0.717) is 12.6 Å². The van der Waals surface area contributed by atoms with E-state index < -0.39 is 0 Å². The Labute approximate surface area is 109 Å². The van der Waals surface area contributed by atoms with E-state index in [1.165, 1.54) is 0 Å². The average molecular weight is 250 g/mol. The molecule has 0 aromatic heterocycles. The lowest BCUT2D eigenvalue weighted by atomic mass is 9.85. The van der Waals surface area contributed by atoms with Crippen molar-refractivity contribution in [2.24, 2.45) is 5.92 Å². The van der Waals surface area contributed by atoms with Crippen LogP contribution in [0.1, 0.15) is 45.4 Å². The number of carbonyl (C=O) groups excluding carboxylic acids is 1. The normalized spacial score (nSPS) is 33.0. The Morgan fingerprint density at radius 3 is 2.94 bits per heavy atom. The van der Waals surface area contributed by atoms with Crippen LogP contribution in [0.25, 0.3) is 0 Å². The zero-order chi connectivity index (χ0) is 13.0. The Morgan fingerprint density at radius 2 is 2.22 bits per heavy atom. The van der Waals surface area contributed by atoms with Gasteiger partial charge >= 0.3 is 5.97 Å². The van der Waals surface area contributed by atoms with Gasteiger partial charge < -0.3 is 4.74 Å². The van der Waals surface area contributed by atoms with Gasteiger partial charge in [0.15, 0.2) is 0 Å². The van der Waals surface area contributed by atoms with Gasteiger partial charge in [0.2, 0.25) is 0 Å². The third kappa shape index (κ3) is 2.84. The van der Waals surface area contributed by atoms with Crippen molar-refractivity contribution in [3.05, 3.63) is 0 Å². The average Bonchev–Trinajstić information content (AvgIpc) is 2.88. The molecule has 1 aliphatic carbocycles. The van der Waals surface area contributed by atoms with Crippen molar-refractivity contribution in [1.82, 2.24) is 4.90 Å². The molecule has 0 N–H and O–H groups in total. The lowest BCUT2D eigenvalue weighted by molar-refractivity contribution is -0.149. The Kier molecular flexibility index (Phi) is 4.60. The van der Waals surface area contributed by atoms with Crippen LogP contribution < -0.4 is 0 Å². The summed E-state index contributed by atoms with van der Waals surface area (Å²) in [5.41, 5.74) is 0. The molecule has 2 fully saturated rings. The molecule has 4 nitrogen and oxygen atoms in total. The van der Waals surface area contributed by atoms with Crippen LogP contribution in [0.5, 0.6) is 0 Å². The van der Waals surface area contributed by atoms with Crippen molar-refractivity contribution in [2.45, 2.75) is 57.5 Å². The molecule has 100 valence electrons. The van der Waals surface area contributed by atoms with Crippen LogP contribution >= 0.6 is 0 Å². The maximum atomic E-state index is 11.9. The summed E-state index contributed by atoms with van der Waals surface area (Å²) < 4.78 is 5.15. The molecule has 2 rings (SSSR count). The first kappa shape index (κ1) is 13.4. The number of rotatable bonds is 3. The first-order valence-electron chi connectivity index (χ1n) is 7.08. The minimum Gasteiger partial charge on any atom is -0.465 e. The molecule has 0 bridgehead atoms. The van der Waals surface area contributed by atoms with Crippen LogP contribution in [0.15, 0.2) is 0 Å². The quantitative estimate of drug-likeness (QED) is 0.720. The fourth-order valence-electron chi connectivity index (χ4n) is 3.30. The molecule has 1 aliphatic heterocycles.